The van der Waals surface area contributed by atoms with Gasteiger partial charge >= 0.3 is 0 Å². The first-order valence-electron chi connectivity index (χ1n) is 5.99. The Morgan fingerprint density at radius 2 is 2.06 bits per heavy atom. The molecule has 0 aliphatic rings. The van der Waals surface area contributed by atoms with E-state index in [1.54, 1.807) is 0 Å². The summed E-state index contributed by atoms with van der Waals surface area (Å²) in [6.07, 6.45) is 2.19. The highest BCUT2D eigenvalue weighted by Crippen LogP contribution is 2.24. The van der Waals surface area contributed by atoms with Gasteiger partial charge in [0.15, 0.2) is 0 Å². The fraction of sp³-hybridized carbons (Fsp3) is 0.333. The maximum Gasteiger partial charge on any atom is 0.134 e. The quantitative estimate of drug-likeness (QED) is 0.637. The van der Waals surface area contributed by atoms with Crippen molar-refractivity contribution < 1.29 is 4.42 Å². The number of fused-ring (bicyclic) bond motifs is 1. The van der Waals surface area contributed by atoms with Gasteiger partial charge in [-0.05, 0) is 26.8 Å². The van der Waals surface area contributed by atoms with Crippen molar-refractivity contribution in [2.45, 2.75) is 27.3 Å². The summed E-state index contributed by atoms with van der Waals surface area (Å²) in [6, 6.07) is 8.19. The molecule has 0 bridgehead atoms. The molecule has 0 unspecified atom stereocenters. The van der Waals surface area contributed by atoms with Gasteiger partial charge in [-0.2, -0.15) is 0 Å². The third-order valence-electron chi connectivity index (χ3n) is 2.86. The number of allylic oxidation sites excluding steroid dienone is 1. The first-order valence-corrected chi connectivity index (χ1v) is 5.99. The highest BCUT2D eigenvalue weighted by atomic mass is 16.3. The minimum atomic E-state index is 0.854. The van der Waals surface area contributed by atoms with Gasteiger partial charge in [0.05, 0.1) is 0 Å². The molecule has 17 heavy (non-hydrogen) atoms. The van der Waals surface area contributed by atoms with Gasteiger partial charge in [0.25, 0.3) is 0 Å². The number of rotatable bonds is 4. The molecule has 2 aromatic rings. The molecule has 90 valence electrons. The highest BCUT2D eigenvalue weighted by molar-refractivity contribution is 5.82. The van der Waals surface area contributed by atoms with E-state index in [9.17, 15) is 0 Å². The van der Waals surface area contributed by atoms with Crippen LogP contribution in [-0.2, 0) is 6.54 Å². The van der Waals surface area contributed by atoms with Gasteiger partial charge in [-0.3, -0.25) is 0 Å². The lowest BCUT2D eigenvalue weighted by Crippen LogP contribution is -2.13. The second-order valence-electron chi connectivity index (χ2n) is 4.55. The first-order chi connectivity index (χ1) is 8.18. The summed E-state index contributed by atoms with van der Waals surface area (Å²) in [5.41, 5.74) is 3.58. The lowest BCUT2D eigenvalue weighted by atomic mass is 10.1. The molecule has 0 amide bonds. The van der Waals surface area contributed by atoms with E-state index < -0.39 is 0 Å². The largest absolute Gasteiger partial charge is 0.461 e. The monoisotopic (exact) mass is 229 g/mol. The number of para-hydroxylation sites is 1. The average molecular weight is 229 g/mol. The van der Waals surface area contributed by atoms with Gasteiger partial charge in [-0.25, -0.2) is 0 Å². The summed E-state index contributed by atoms with van der Waals surface area (Å²) in [5.74, 6) is 1.01. The second-order valence-corrected chi connectivity index (χ2v) is 4.55. The molecule has 0 radical (unpaired) electrons. The van der Waals surface area contributed by atoms with E-state index >= 15 is 0 Å². The predicted molar refractivity (Wildman–Crippen MR) is 72.1 cm³/mol. The van der Waals surface area contributed by atoms with Gasteiger partial charge < -0.3 is 9.73 Å². The summed E-state index contributed by atoms with van der Waals surface area (Å²) < 4.78 is 5.72. The molecule has 0 saturated carbocycles. The Balaban J connectivity index is 2.13. The van der Waals surface area contributed by atoms with Crippen molar-refractivity contribution in [3.8, 4) is 0 Å². The minimum absolute atomic E-state index is 0.854. The van der Waals surface area contributed by atoms with E-state index in [2.05, 4.69) is 37.4 Å². The Kier molecular flexibility index (Phi) is 3.64. The molecule has 0 atom stereocenters. The second kappa shape index (κ2) is 5.19. The molecule has 0 saturated heterocycles. The summed E-state index contributed by atoms with van der Waals surface area (Å²) in [5, 5.41) is 4.63. The first kappa shape index (κ1) is 11.9. The van der Waals surface area contributed by atoms with Crippen molar-refractivity contribution in [3.63, 3.8) is 0 Å². The van der Waals surface area contributed by atoms with Crippen LogP contribution < -0.4 is 5.32 Å². The summed E-state index contributed by atoms with van der Waals surface area (Å²) in [6.45, 7) is 8.01. The van der Waals surface area contributed by atoms with Crippen LogP contribution in [0.1, 0.15) is 25.2 Å². The molecule has 0 fully saturated rings. The van der Waals surface area contributed by atoms with Crippen molar-refractivity contribution in [1.29, 1.82) is 0 Å². The molecule has 1 N–H and O–H groups in total. The lowest BCUT2D eigenvalue weighted by molar-refractivity contribution is 0.567. The third kappa shape index (κ3) is 2.77. The van der Waals surface area contributed by atoms with E-state index in [4.69, 9.17) is 4.42 Å². The van der Waals surface area contributed by atoms with E-state index in [0.29, 0.717) is 0 Å². The van der Waals surface area contributed by atoms with Crippen LogP contribution in [0, 0.1) is 6.92 Å². The maximum atomic E-state index is 5.72. The summed E-state index contributed by atoms with van der Waals surface area (Å²) in [4.78, 5) is 0. The molecule has 1 aromatic heterocycles. The third-order valence-corrected chi connectivity index (χ3v) is 2.86. The molecule has 0 aliphatic carbocycles. The molecular formula is C15H19NO. The number of hydrogen-bond acceptors (Lipinski definition) is 2. The van der Waals surface area contributed by atoms with Crippen molar-refractivity contribution in [2.24, 2.45) is 0 Å². The van der Waals surface area contributed by atoms with Gasteiger partial charge in [-0.1, -0.05) is 29.8 Å². The lowest BCUT2D eigenvalue weighted by Gasteiger charge is -2.01. The topological polar surface area (TPSA) is 25.2 Å². The fourth-order valence-electron chi connectivity index (χ4n) is 1.91. The van der Waals surface area contributed by atoms with Gasteiger partial charge in [-0.15, -0.1) is 0 Å². The number of benzene rings is 1. The van der Waals surface area contributed by atoms with Crippen LogP contribution in [0.3, 0.4) is 0 Å². The zero-order chi connectivity index (χ0) is 12.3. The maximum absolute atomic E-state index is 5.72. The van der Waals surface area contributed by atoms with Crippen LogP contribution in [0.25, 0.3) is 11.0 Å². The number of hydrogen-bond donors (Lipinski definition) is 1. The van der Waals surface area contributed by atoms with Crippen LogP contribution in [0.15, 0.2) is 40.3 Å². The molecule has 0 aliphatic heterocycles. The number of aryl methyl sites for hydroxylation is 1. The van der Waals surface area contributed by atoms with Gasteiger partial charge in [0.1, 0.15) is 11.3 Å². The van der Waals surface area contributed by atoms with E-state index in [-0.39, 0.29) is 0 Å². The standard InChI is InChI=1S/C15H19NO/c1-11(2)8-9-16-10-14-12(3)17-15-7-5-4-6-13(14)15/h4-8,16H,9-10H2,1-3H3. The Morgan fingerprint density at radius 1 is 1.29 bits per heavy atom. The molecular weight excluding hydrogens is 210 g/mol. The van der Waals surface area contributed by atoms with E-state index in [0.717, 1.165) is 24.4 Å². The molecule has 2 nitrogen and oxygen atoms in total. The van der Waals surface area contributed by atoms with Crippen molar-refractivity contribution in [2.75, 3.05) is 6.54 Å². The smallest absolute Gasteiger partial charge is 0.134 e. The molecule has 0 spiro atoms. The van der Waals surface area contributed by atoms with Crippen LogP contribution >= 0.6 is 0 Å². The fourth-order valence-corrected chi connectivity index (χ4v) is 1.91. The Labute approximate surface area is 102 Å². The molecule has 2 rings (SSSR count). The number of furan rings is 1. The summed E-state index contributed by atoms with van der Waals surface area (Å²) in [7, 11) is 0. The SMILES string of the molecule is CC(C)=CCNCc1c(C)oc2ccccc12. The Hall–Kier alpha value is -1.54. The van der Waals surface area contributed by atoms with E-state index in [1.165, 1.54) is 16.5 Å². The zero-order valence-corrected chi connectivity index (χ0v) is 10.7. The Bertz CT molecular complexity index is 533. The van der Waals surface area contributed by atoms with Crippen LogP contribution in [-0.4, -0.2) is 6.54 Å². The van der Waals surface area contributed by atoms with Gasteiger partial charge in [0.2, 0.25) is 0 Å². The zero-order valence-electron chi connectivity index (χ0n) is 10.7. The molecule has 2 heteroatoms. The van der Waals surface area contributed by atoms with Crippen LogP contribution in [0.4, 0.5) is 0 Å². The average Bonchev–Trinajstić information content (AvgIpc) is 2.60. The Morgan fingerprint density at radius 3 is 2.82 bits per heavy atom. The molecule has 1 aromatic carbocycles. The molecule has 1 heterocycles. The number of nitrogens with one attached hydrogen (secondary N) is 1. The summed E-state index contributed by atoms with van der Waals surface area (Å²) >= 11 is 0. The minimum Gasteiger partial charge on any atom is -0.461 e. The van der Waals surface area contributed by atoms with Crippen LogP contribution in [0.5, 0.6) is 0 Å². The van der Waals surface area contributed by atoms with Gasteiger partial charge in [0, 0.05) is 24.0 Å². The highest BCUT2D eigenvalue weighted by Gasteiger charge is 2.08. The van der Waals surface area contributed by atoms with Crippen molar-refractivity contribution in [3.05, 3.63) is 47.2 Å². The van der Waals surface area contributed by atoms with Crippen molar-refractivity contribution in [1.82, 2.24) is 5.32 Å². The van der Waals surface area contributed by atoms with Crippen LogP contribution in [0.2, 0.25) is 0 Å². The normalized spacial score (nSPS) is 10.8. The van der Waals surface area contributed by atoms with Crippen molar-refractivity contribution >= 4 is 11.0 Å². The predicted octanol–water partition coefficient (Wildman–Crippen LogP) is 3.80. The van der Waals surface area contributed by atoms with E-state index in [1.807, 2.05) is 19.1 Å².